The molecule has 0 unspecified atom stereocenters. The predicted molar refractivity (Wildman–Crippen MR) is 72.6 cm³/mol. The number of hydrogen-bond donors (Lipinski definition) is 0. The zero-order valence-electron chi connectivity index (χ0n) is 11.1. The van der Waals surface area contributed by atoms with E-state index in [0.29, 0.717) is 0 Å². The third-order valence-electron chi connectivity index (χ3n) is 3.84. The smallest absolute Gasteiger partial charge is 0.119 e. The molecular weight excluding hydrogens is 208 g/mol. The van der Waals surface area contributed by atoms with E-state index in [-0.39, 0.29) is 0 Å². The SMILES string of the molecule is CCCOc1ccc(C2CCC(C)CC2)cc1. The minimum Gasteiger partial charge on any atom is -0.494 e. The lowest BCUT2D eigenvalue weighted by molar-refractivity contribution is 0.316. The van der Waals surface area contributed by atoms with Gasteiger partial charge < -0.3 is 4.74 Å². The van der Waals surface area contributed by atoms with E-state index in [2.05, 4.69) is 38.1 Å². The molecule has 1 saturated carbocycles. The van der Waals surface area contributed by atoms with Gasteiger partial charge in [0.25, 0.3) is 0 Å². The van der Waals surface area contributed by atoms with Crippen molar-refractivity contribution in [3.8, 4) is 5.75 Å². The van der Waals surface area contributed by atoms with Gasteiger partial charge in [0.1, 0.15) is 5.75 Å². The van der Waals surface area contributed by atoms with Crippen LogP contribution in [-0.4, -0.2) is 6.61 Å². The molecule has 1 aromatic carbocycles. The summed E-state index contributed by atoms with van der Waals surface area (Å²) in [5.41, 5.74) is 1.50. The molecule has 0 aliphatic heterocycles. The van der Waals surface area contributed by atoms with Gasteiger partial charge in [0.2, 0.25) is 0 Å². The first-order valence-electron chi connectivity index (χ1n) is 7.02. The Balaban J connectivity index is 1.93. The maximum Gasteiger partial charge on any atom is 0.119 e. The first-order valence-corrected chi connectivity index (χ1v) is 7.02. The van der Waals surface area contributed by atoms with Crippen LogP contribution in [0.25, 0.3) is 0 Å². The summed E-state index contributed by atoms with van der Waals surface area (Å²) < 4.78 is 5.61. The molecule has 0 N–H and O–H groups in total. The molecule has 0 saturated heterocycles. The Labute approximate surface area is 105 Å². The highest BCUT2D eigenvalue weighted by atomic mass is 16.5. The van der Waals surface area contributed by atoms with Gasteiger partial charge in [-0.1, -0.05) is 38.8 Å². The molecule has 0 aromatic heterocycles. The Bertz CT molecular complexity index is 320. The molecule has 0 radical (unpaired) electrons. The molecule has 94 valence electrons. The van der Waals surface area contributed by atoms with Gasteiger partial charge >= 0.3 is 0 Å². The number of rotatable bonds is 4. The first kappa shape index (κ1) is 12.5. The average molecular weight is 232 g/mol. The summed E-state index contributed by atoms with van der Waals surface area (Å²) in [6.45, 7) is 5.33. The highest BCUT2D eigenvalue weighted by Gasteiger charge is 2.19. The zero-order valence-corrected chi connectivity index (χ0v) is 11.1. The number of ether oxygens (including phenoxy) is 1. The van der Waals surface area contributed by atoms with Crippen LogP contribution in [0.15, 0.2) is 24.3 Å². The van der Waals surface area contributed by atoms with Crippen LogP contribution in [0.3, 0.4) is 0 Å². The van der Waals surface area contributed by atoms with E-state index in [4.69, 9.17) is 4.74 Å². The van der Waals surface area contributed by atoms with Gasteiger partial charge in [-0.05, 0) is 48.8 Å². The monoisotopic (exact) mass is 232 g/mol. The molecule has 0 heterocycles. The second-order valence-electron chi connectivity index (χ2n) is 5.37. The molecule has 1 heteroatoms. The fourth-order valence-corrected chi connectivity index (χ4v) is 2.65. The third kappa shape index (κ3) is 3.49. The molecule has 2 rings (SSSR count). The zero-order chi connectivity index (χ0) is 12.1. The Kier molecular flexibility index (Phi) is 4.47. The standard InChI is InChI=1S/C16H24O/c1-3-12-17-16-10-8-15(9-11-16)14-6-4-13(2)5-7-14/h8-11,13-14H,3-7,12H2,1-2H3. The van der Waals surface area contributed by atoms with Crippen LogP contribution in [-0.2, 0) is 0 Å². The highest BCUT2D eigenvalue weighted by molar-refractivity contribution is 5.29. The van der Waals surface area contributed by atoms with Gasteiger partial charge in [-0.2, -0.15) is 0 Å². The maximum atomic E-state index is 5.61. The Morgan fingerprint density at radius 3 is 2.29 bits per heavy atom. The van der Waals surface area contributed by atoms with Crippen molar-refractivity contribution in [1.29, 1.82) is 0 Å². The lowest BCUT2D eigenvalue weighted by Gasteiger charge is -2.26. The van der Waals surface area contributed by atoms with Crippen molar-refractivity contribution in [2.45, 2.75) is 51.9 Å². The van der Waals surface area contributed by atoms with Crippen LogP contribution in [0.4, 0.5) is 0 Å². The maximum absolute atomic E-state index is 5.61. The van der Waals surface area contributed by atoms with Gasteiger partial charge in [-0.25, -0.2) is 0 Å². The second-order valence-corrected chi connectivity index (χ2v) is 5.37. The molecule has 1 aliphatic rings. The summed E-state index contributed by atoms with van der Waals surface area (Å²) in [4.78, 5) is 0. The Morgan fingerprint density at radius 1 is 1.06 bits per heavy atom. The lowest BCUT2D eigenvalue weighted by Crippen LogP contribution is -2.10. The first-order chi connectivity index (χ1) is 8.29. The molecular formula is C16H24O. The van der Waals surface area contributed by atoms with Crippen molar-refractivity contribution in [2.75, 3.05) is 6.61 Å². The van der Waals surface area contributed by atoms with Crippen LogP contribution in [0.1, 0.15) is 57.4 Å². The van der Waals surface area contributed by atoms with Crippen molar-refractivity contribution in [3.05, 3.63) is 29.8 Å². The van der Waals surface area contributed by atoms with Crippen molar-refractivity contribution in [2.24, 2.45) is 5.92 Å². The largest absolute Gasteiger partial charge is 0.494 e. The minimum absolute atomic E-state index is 0.784. The van der Waals surface area contributed by atoms with Crippen LogP contribution in [0.5, 0.6) is 5.75 Å². The fourth-order valence-electron chi connectivity index (χ4n) is 2.65. The number of hydrogen-bond acceptors (Lipinski definition) is 1. The van der Waals surface area contributed by atoms with Gasteiger partial charge in [0.05, 0.1) is 6.61 Å². The van der Waals surface area contributed by atoms with E-state index in [9.17, 15) is 0 Å². The quantitative estimate of drug-likeness (QED) is 0.726. The topological polar surface area (TPSA) is 9.23 Å². The summed E-state index contributed by atoms with van der Waals surface area (Å²) in [6, 6.07) is 8.77. The van der Waals surface area contributed by atoms with Gasteiger partial charge in [0, 0.05) is 0 Å². The molecule has 0 amide bonds. The van der Waals surface area contributed by atoms with Crippen molar-refractivity contribution in [1.82, 2.24) is 0 Å². The average Bonchev–Trinajstić information content (AvgIpc) is 2.38. The molecule has 1 aromatic rings. The molecule has 1 nitrogen and oxygen atoms in total. The molecule has 1 aliphatic carbocycles. The van der Waals surface area contributed by atoms with E-state index >= 15 is 0 Å². The highest BCUT2D eigenvalue weighted by Crippen LogP contribution is 2.35. The Hall–Kier alpha value is -0.980. The van der Waals surface area contributed by atoms with Gasteiger partial charge in [0.15, 0.2) is 0 Å². The molecule has 17 heavy (non-hydrogen) atoms. The molecule has 1 fully saturated rings. The normalized spacial score (nSPS) is 24.6. The van der Waals surface area contributed by atoms with Crippen LogP contribution in [0, 0.1) is 5.92 Å². The summed E-state index contributed by atoms with van der Waals surface area (Å²) in [5.74, 6) is 2.73. The summed E-state index contributed by atoms with van der Waals surface area (Å²) in [6.07, 6.45) is 6.56. The van der Waals surface area contributed by atoms with Crippen molar-refractivity contribution in [3.63, 3.8) is 0 Å². The van der Waals surface area contributed by atoms with E-state index in [1.807, 2.05) is 0 Å². The second kappa shape index (κ2) is 6.09. The third-order valence-corrected chi connectivity index (χ3v) is 3.84. The van der Waals surface area contributed by atoms with Gasteiger partial charge in [-0.3, -0.25) is 0 Å². The van der Waals surface area contributed by atoms with Crippen LogP contribution < -0.4 is 4.74 Å². The van der Waals surface area contributed by atoms with Gasteiger partial charge in [-0.15, -0.1) is 0 Å². The molecule has 0 spiro atoms. The fraction of sp³-hybridized carbons (Fsp3) is 0.625. The summed E-state index contributed by atoms with van der Waals surface area (Å²) in [5, 5.41) is 0. The lowest BCUT2D eigenvalue weighted by atomic mass is 9.79. The van der Waals surface area contributed by atoms with E-state index in [1.54, 1.807) is 0 Å². The van der Waals surface area contributed by atoms with Crippen molar-refractivity contribution < 1.29 is 4.74 Å². The Morgan fingerprint density at radius 2 is 1.71 bits per heavy atom. The predicted octanol–water partition coefficient (Wildman–Crippen LogP) is 4.77. The summed E-state index contributed by atoms with van der Waals surface area (Å²) >= 11 is 0. The summed E-state index contributed by atoms with van der Waals surface area (Å²) in [7, 11) is 0. The van der Waals surface area contributed by atoms with Crippen molar-refractivity contribution >= 4 is 0 Å². The minimum atomic E-state index is 0.784. The molecule has 0 bridgehead atoms. The van der Waals surface area contributed by atoms with E-state index in [1.165, 1.54) is 31.2 Å². The van der Waals surface area contributed by atoms with Crippen LogP contribution in [0.2, 0.25) is 0 Å². The number of benzene rings is 1. The van der Waals surface area contributed by atoms with E-state index < -0.39 is 0 Å². The van der Waals surface area contributed by atoms with Crippen LogP contribution >= 0.6 is 0 Å². The molecule has 0 atom stereocenters. The van der Waals surface area contributed by atoms with E-state index in [0.717, 1.165) is 30.6 Å².